The van der Waals surface area contributed by atoms with Crippen molar-refractivity contribution >= 4 is 17.3 Å². The van der Waals surface area contributed by atoms with Gasteiger partial charge < -0.3 is 19.2 Å². The smallest absolute Gasteiger partial charge is 0.0754 e. The number of hydrogen-bond acceptors (Lipinski definition) is 4. The van der Waals surface area contributed by atoms with Gasteiger partial charge in [0.2, 0.25) is 0 Å². The second-order valence-corrected chi connectivity index (χ2v) is 6.25. The van der Waals surface area contributed by atoms with Gasteiger partial charge in [-0.25, -0.2) is 0 Å². The van der Waals surface area contributed by atoms with Gasteiger partial charge >= 0.3 is 0 Å². The van der Waals surface area contributed by atoms with Crippen LogP contribution in [0, 0.1) is 0 Å². The van der Waals surface area contributed by atoms with E-state index in [0.717, 1.165) is 37.4 Å². The van der Waals surface area contributed by atoms with Gasteiger partial charge in [-0.2, -0.15) is 0 Å². The molecule has 0 radical (unpaired) electrons. The van der Waals surface area contributed by atoms with E-state index in [1.165, 1.54) is 4.88 Å². The quantitative estimate of drug-likeness (QED) is 0.821. The summed E-state index contributed by atoms with van der Waals surface area (Å²) in [4.78, 5) is 11.9. The van der Waals surface area contributed by atoms with E-state index in [2.05, 4.69) is 22.1 Å². The minimum absolute atomic E-state index is 0.0550. The van der Waals surface area contributed by atoms with E-state index < -0.39 is 5.97 Å². The number of ether oxygens (including phenoxy) is 1. The molecule has 0 bridgehead atoms. The second-order valence-electron chi connectivity index (χ2n) is 5.30. The highest BCUT2D eigenvalue weighted by Gasteiger charge is 2.19. The first-order valence-corrected chi connectivity index (χ1v) is 8.16. The fourth-order valence-corrected chi connectivity index (χ4v) is 3.57. The van der Waals surface area contributed by atoms with Gasteiger partial charge in [0, 0.05) is 24.8 Å². The first kappa shape index (κ1) is 14.4. The number of nitrogens with zero attached hydrogens (tertiary/aromatic N) is 1. The first-order valence-electron chi connectivity index (χ1n) is 7.28. The molecule has 21 heavy (non-hydrogen) atoms. The summed E-state index contributed by atoms with van der Waals surface area (Å²) in [6, 6.07) is 8.22. The SMILES string of the molecule is O=C([O-])CCc1ccc(-c2cccs2)n1C[C@H]1CCCO1. The molecule has 0 unspecified atom stereocenters. The van der Waals surface area contributed by atoms with E-state index in [-0.39, 0.29) is 12.5 Å². The minimum atomic E-state index is -1.00. The van der Waals surface area contributed by atoms with Gasteiger partial charge in [0.05, 0.1) is 16.7 Å². The maximum atomic E-state index is 10.7. The van der Waals surface area contributed by atoms with Crippen LogP contribution in [-0.4, -0.2) is 23.2 Å². The van der Waals surface area contributed by atoms with Gasteiger partial charge in [0.25, 0.3) is 0 Å². The Kier molecular flexibility index (Phi) is 4.41. The Morgan fingerprint density at radius 3 is 3.00 bits per heavy atom. The van der Waals surface area contributed by atoms with E-state index in [9.17, 15) is 9.90 Å². The molecule has 0 spiro atoms. The van der Waals surface area contributed by atoms with Crippen LogP contribution in [-0.2, 0) is 22.5 Å². The zero-order valence-electron chi connectivity index (χ0n) is 11.8. The van der Waals surface area contributed by atoms with Crippen molar-refractivity contribution in [1.29, 1.82) is 0 Å². The Bertz CT molecular complexity index is 597. The zero-order chi connectivity index (χ0) is 14.7. The summed E-state index contributed by atoms with van der Waals surface area (Å²) >= 11 is 1.70. The molecule has 0 aromatic carbocycles. The van der Waals surface area contributed by atoms with Crippen molar-refractivity contribution in [3.05, 3.63) is 35.3 Å². The van der Waals surface area contributed by atoms with Crippen LogP contribution >= 0.6 is 11.3 Å². The third-order valence-corrected chi connectivity index (χ3v) is 4.73. The van der Waals surface area contributed by atoms with Crippen LogP contribution in [0.25, 0.3) is 10.6 Å². The standard InChI is InChI=1S/C16H19NO3S/c18-16(19)8-6-12-5-7-14(15-4-2-10-21-15)17(12)11-13-3-1-9-20-13/h2,4-5,7,10,13H,1,3,6,8-9,11H2,(H,18,19)/p-1/t13-/m1/s1. The topological polar surface area (TPSA) is 54.3 Å². The number of aliphatic carboxylic acids is 1. The van der Waals surface area contributed by atoms with Gasteiger partial charge in [-0.15, -0.1) is 11.3 Å². The molecule has 1 atom stereocenters. The summed E-state index contributed by atoms with van der Waals surface area (Å²) in [6.07, 6.45) is 2.97. The average Bonchev–Trinajstić information content (AvgIpc) is 3.18. The lowest BCUT2D eigenvalue weighted by atomic mass is 10.2. The van der Waals surface area contributed by atoms with Crippen LogP contribution in [0.2, 0.25) is 0 Å². The summed E-state index contributed by atoms with van der Waals surface area (Å²) < 4.78 is 7.95. The first-order chi connectivity index (χ1) is 10.2. The summed E-state index contributed by atoms with van der Waals surface area (Å²) in [7, 11) is 0. The van der Waals surface area contributed by atoms with Crippen LogP contribution in [0.3, 0.4) is 0 Å². The Balaban J connectivity index is 1.86. The normalized spacial score (nSPS) is 18.2. The summed E-state index contributed by atoms with van der Waals surface area (Å²) in [6.45, 7) is 1.62. The van der Waals surface area contributed by atoms with Crippen LogP contribution < -0.4 is 5.11 Å². The molecule has 1 saturated heterocycles. The monoisotopic (exact) mass is 304 g/mol. The van der Waals surface area contributed by atoms with E-state index in [1.807, 2.05) is 12.1 Å². The lowest BCUT2D eigenvalue weighted by Gasteiger charge is -2.17. The van der Waals surface area contributed by atoms with E-state index >= 15 is 0 Å². The van der Waals surface area contributed by atoms with Crippen molar-refractivity contribution in [1.82, 2.24) is 4.57 Å². The third-order valence-electron chi connectivity index (χ3n) is 3.84. The number of carbonyl (C=O) groups is 1. The van der Waals surface area contributed by atoms with Crippen LogP contribution in [0.4, 0.5) is 0 Å². The molecular formula is C16H18NO3S-. The molecule has 0 N–H and O–H groups in total. The number of rotatable bonds is 6. The molecule has 3 heterocycles. The minimum Gasteiger partial charge on any atom is -0.550 e. The Hall–Kier alpha value is -1.59. The van der Waals surface area contributed by atoms with Gasteiger partial charge in [-0.3, -0.25) is 0 Å². The van der Waals surface area contributed by atoms with E-state index in [4.69, 9.17) is 4.74 Å². The van der Waals surface area contributed by atoms with Crippen LogP contribution in [0.1, 0.15) is 25.0 Å². The molecule has 0 amide bonds. The van der Waals surface area contributed by atoms with E-state index in [1.54, 1.807) is 11.3 Å². The molecule has 2 aromatic rings. The maximum Gasteiger partial charge on any atom is 0.0754 e. The molecule has 2 aromatic heterocycles. The Labute approximate surface area is 128 Å². The Morgan fingerprint density at radius 2 is 2.33 bits per heavy atom. The lowest BCUT2D eigenvalue weighted by Crippen LogP contribution is -2.23. The molecule has 1 aliphatic heterocycles. The summed E-state index contributed by atoms with van der Waals surface area (Å²) in [5.41, 5.74) is 2.19. The molecule has 112 valence electrons. The molecular weight excluding hydrogens is 286 g/mol. The number of aromatic nitrogens is 1. The largest absolute Gasteiger partial charge is 0.550 e. The molecule has 4 nitrogen and oxygen atoms in total. The highest BCUT2D eigenvalue weighted by atomic mass is 32.1. The highest BCUT2D eigenvalue weighted by Crippen LogP contribution is 2.29. The lowest BCUT2D eigenvalue weighted by molar-refractivity contribution is -0.305. The van der Waals surface area contributed by atoms with E-state index in [0.29, 0.717) is 6.42 Å². The number of carbonyl (C=O) groups excluding carboxylic acids is 1. The predicted molar refractivity (Wildman–Crippen MR) is 80.0 cm³/mol. The van der Waals surface area contributed by atoms with Crippen molar-refractivity contribution in [3.8, 4) is 10.6 Å². The van der Waals surface area contributed by atoms with Crippen molar-refractivity contribution in [2.24, 2.45) is 0 Å². The predicted octanol–water partition coefficient (Wildman–Crippen LogP) is 2.08. The molecule has 0 aliphatic carbocycles. The van der Waals surface area contributed by atoms with Crippen molar-refractivity contribution in [2.45, 2.75) is 38.3 Å². The number of thiophene rings is 1. The molecule has 1 fully saturated rings. The van der Waals surface area contributed by atoms with Crippen molar-refractivity contribution in [3.63, 3.8) is 0 Å². The zero-order valence-corrected chi connectivity index (χ0v) is 12.6. The van der Waals surface area contributed by atoms with Gasteiger partial charge in [-0.1, -0.05) is 6.07 Å². The number of carboxylic acid groups (broad SMARTS) is 1. The third kappa shape index (κ3) is 3.36. The van der Waals surface area contributed by atoms with Crippen LogP contribution in [0.15, 0.2) is 29.6 Å². The highest BCUT2D eigenvalue weighted by molar-refractivity contribution is 7.13. The second kappa shape index (κ2) is 6.45. The summed E-state index contributed by atoms with van der Waals surface area (Å²) in [5, 5.41) is 12.8. The Morgan fingerprint density at radius 1 is 1.43 bits per heavy atom. The molecule has 5 heteroatoms. The molecule has 1 aliphatic rings. The van der Waals surface area contributed by atoms with Gasteiger partial charge in [-0.05, 0) is 49.3 Å². The summed E-state index contributed by atoms with van der Waals surface area (Å²) in [5.74, 6) is -1.00. The fraction of sp³-hybridized carbons (Fsp3) is 0.438. The van der Waals surface area contributed by atoms with Gasteiger partial charge in [0.1, 0.15) is 0 Å². The van der Waals surface area contributed by atoms with Crippen LogP contribution in [0.5, 0.6) is 0 Å². The van der Waals surface area contributed by atoms with Crippen molar-refractivity contribution in [2.75, 3.05) is 6.61 Å². The fourth-order valence-electron chi connectivity index (χ4n) is 2.81. The number of aryl methyl sites for hydroxylation is 1. The molecule has 0 saturated carbocycles. The average molecular weight is 304 g/mol. The van der Waals surface area contributed by atoms with Crippen molar-refractivity contribution < 1.29 is 14.6 Å². The molecule has 3 rings (SSSR count). The number of hydrogen-bond donors (Lipinski definition) is 0. The maximum absolute atomic E-state index is 10.7. The van der Waals surface area contributed by atoms with Gasteiger partial charge in [0.15, 0.2) is 0 Å². The number of carboxylic acids is 1.